The van der Waals surface area contributed by atoms with Crippen LogP contribution in [0.3, 0.4) is 0 Å². The van der Waals surface area contributed by atoms with Crippen molar-refractivity contribution in [2.45, 2.75) is 13.8 Å². The number of ether oxygens (including phenoxy) is 2. The average Bonchev–Trinajstić information content (AvgIpc) is 2.67. The SMILES string of the molecule is Cc1cc(C)cc(NC(=O)c2cc(Nc3ccc4c(c3)OCCO4)ncn2)c1. The van der Waals surface area contributed by atoms with Crippen LogP contribution in [-0.4, -0.2) is 29.1 Å². The monoisotopic (exact) mass is 376 g/mol. The molecule has 2 aromatic carbocycles. The highest BCUT2D eigenvalue weighted by molar-refractivity contribution is 6.03. The van der Waals surface area contributed by atoms with Gasteiger partial charge in [0, 0.05) is 23.5 Å². The van der Waals surface area contributed by atoms with Gasteiger partial charge in [0.25, 0.3) is 5.91 Å². The summed E-state index contributed by atoms with van der Waals surface area (Å²) in [5.41, 5.74) is 3.96. The zero-order valence-corrected chi connectivity index (χ0v) is 15.7. The van der Waals surface area contributed by atoms with Crippen molar-refractivity contribution in [3.63, 3.8) is 0 Å². The van der Waals surface area contributed by atoms with E-state index in [0.29, 0.717) is 30.5 Å². The van der Waals surface area contributed by atoms with Crippen molar-refractivity contribution in [2.24, 2.45) is 0 Å². The first kappa shape index (κ1) is 17.8. The predicted octanol–water partition coefficient (Wildman–Crippen LogP) is 3.86. The highest BCUT2D eigenvalue weighted by Gasteiger charge is 2.13. The molecule has 2 heterocycles. The number of fused-ring (bicyclic) bond motifs is 1. The van der Waals surface area contributed by atoms with Crippen molar-refractivity contribution in [2.75, 3.05) is 23.8 Å². The second-order valence-electron chi connectivity index (χ2n) is 6.60. The quantitative estimate of drug-likeness (QED) is 0.719. The fourth-order valence-electron chi connectivity index (χ4n) is 3.06. The Hall–Kier alpha value is -3.61. The first-order valence-corrected chi connectivity index (χ1v) is 8.95. The minimum absolute atomic E-state index is 0.272. The van der Waals surface area contributed by atoms with E-state index in [1.165, 1.54) is 6.33 Å². The van der Waals surface area contributed by atoms with Crippen LogP contribution in [-0.2, 0) is 0 Å². The van der Waals surface area contributed by atoms with Gasteiger partial charge in [0.1, 0.15) is 31.1 Å². The van der Waals surface area contributed by atoms with Gasteiger partial charge >= 0.3 is 0 Å². The summed E-state index contributed by atoms with van der Waals surface area (Å²) in [6, 6.07) is 13.0. The first-order chi connectivity index (χ1) is 13.6. The van der Waals surface area contributed by atoms with Gasteiger partial charge < -0.3 is 20.1 Å². The molecule has 28 heavy (non-hydrogen) atoms. The second kappa shape index (κ2) is 7.56. The lowest BCUT2D eigenvalue weighted by atomic mass is 10.1. The third-order valence-electron chi connectivity index (χ3n) is 4.19. The summed E-state index contributed by atoms with van der Waals surface area (Å²) in [6.45, 7) is 5.04. The highest BCUT2D eigenvalue weighted by atomic mass is 16.6. The molecule has 0 atom stereocenters. The lowest BCUT2D eigenvalue weighted by molar-refractivity contribution is 0.102. The van der Waals surface area contributed by atoms with Crippen LogP contribution in [0.15, 0.2) is 48.8 Å². The molecule has 1 amide bonds. The maximum Gasteiger partial charge on any atom is 0.274 e. The molecule has 1 aromatic heterocycles. The summed E-state index contributed by atoms with van der Waals surface area (Å²) >= 11 is 0. The van der Waals surface area contributed by atoms with Crippen LogP contribution in [0.1, 0.15) is 21.6 Å². The molecule has 1 aliphatic rings. The van der Waals surface area contributed by atoms with Crippen molar-refractivity contribution < 1.29 is 14.3 Å². The van der Waals surface area contributed by atoms with Crippen molar-refractivity contribution in [1.29, 1.82) is 0 Å². The van der Waals surface area contributed by atoms with Gasteiger partial charge in [-0.1, -0.05) is 6.07 Å². The van der Waals surface area contributed by atoms with Gasteiger partial charge in [0.05, 0.1) is 0 Å². The van der Waals surface area contributed by atoms with Crippen LogP contribution >= 0.6 is 0 Å². The molecule has 0 spiro atoms. The van der Waals surface area contributed by atoms with Crippen LogP contribution in [0.25, 0.3) is 0 Å². The van der Waals surface area contributed by atoms with E-state index >= 15 is 0 Å². The van der Waals surface area contributed by atoms with Gasteiger partial charge in [-0.25, -0.2) is 9.97 Å². The Morgan fingerprint density at radius 1 is 0.893 bits per heavy atom. The molecule has 142 valence electrons. The Morgan fingerprint density at radius 2 is 1.64 bits per heavy atom. The summed E-state index contributed by atoms with van der Waals surface area (Å²) in [5.74, 6) is 1.61. The molecule has 0 saturated heterocycles. The molecule has 7 nitrogen and oxygen atoms in total. The Labute approximate surface area is 162 Å². The van der Waals surface area contributed by atoms with Crippen LogP contribution in [0.4, 0.5) is 17.2 Å². The Bertz CT molecular complexity index is 1020. The van der Waals surface area contributed by atoms with Crippen LogP contribution < -0.4 is 20.1 Å². The second-order valence-corrected chi connectivity index (χ2v) is 6.60. The molecule has 7 heteroatoms. The number of amides is 1. The summed E-state index contributed by atoms with van der Waals surface area (Å²) < 4.78 is 11.1. The smallest absolute Gasteiger partial charge is 0.274 e. The lowest BCUT2D eigenvalue weighted by Gasteiger charge is -2.19. The molecule has 0 unspecified atom stereocenters. The standard InChI is InChI=1S/C21H20N4O3/c1-13-7-14(2)9-16(8-13)25-21(26)17-11-20(23-12-22-17)24-15-3-4-18-19(10-15)28-6-5-27-18/h3-4,7-12H,5-6H2,1-2H3,(H,25,26)(H,22,23,24). The molecule has 2 N–H and O–H groups in total. The summed E-state index contributed by atoms with van der Waals surface area (Å²) in [7, 11) is 0. The van der Waals surface area contributed by atoms with E-state index in [-0.39, 0.29) is 11.6 Å². The number of rotatable bonds is 4. The van der Waals surface area contributed by atoms with Gasteiger partial charge in [-0.05, 0) is 49.2 Å². The van der Waals surface area contributed by atoms with E-state index in [9.17, 15) is 4.79 Å². The highest BCUT2D eigenvalue weighted by Crippen LogP contribution is 2.33. The van der Waals surface area contributed by atoms with Crippen molar-refractivity contribution in [3.05, 3.63) is 65.6 Å². The molecule has 1 aliphatic heterocycles. The molecule has 0 aliphatic carbocycles. The normalized spacial score (nSPS) is 12.4. The first-order valence-electron chi connectivity index (χ1n) is 8.95. The zero-order valence-electron chi connectivity index (χ0n) is 15.7. The lowest BCUT2D eigenvalue weighted by Crippen LogP contribution is -2.15. The number of aryl methyl sites for hydroxylation is 2. The number of nitrogens with one attached hydrogen (secondary N) is 2. The van der Waals surface area contributed by atoms with Gasteiger partial charge in [0.15, 0.2) is 11.5 Å². The summed E-state index contributed by atoms with van der Waals surface area (Å²) in [4.78, 5) is 20.8. The number of hydrogen-bond acceptors (Lipinski definition) is 6. The largest absolute Gasteiger partial charge is 0.486 e. The number of carbonyl (C=O) groups excluding carboxylic acids is 1. The number of aromatic nitrogens is 2. The Balaban J connectivity index is 1.50. The maximum absolute atomic E-state index is 12.6. The predicted molar refractivity (Wildman–Crippen MR) is 107 cm³/mol. The van der Waals surface area contributed by atoms with Crippen LogP contribution in [0, 0.1) is 13.8 Å². The van der Waals surface area contributed by atoms with Crippen molar-refractivity contribution in [1.82, 2.24) is 9.97 Å². The van der Waals surface area contributed by atoms with E-state index in [0.717, 1.165) is 22.5 Å². The minimum atomic E-state index is -0.294. The zero-order chi connectivity index (χ0) is 19.5. The van der Waals surface area contributed by atoms with E-state index < -0.39 is 0 Å². The molecule has 4 rings (SSSR count). The van der Waals surface area contributed by atoms with Crippen molar-refractivity contribution in [3.8, 4) is 11.5 Å². The van der Waals surface area contributed by atoms with Gasteiger partial charge in [-0.2, -0.15) is 0 Å². The molecule has 0 bridgehead atoms. The van der Waals surface area contributed by atoms with Gasteiger partial charge in [-0.15, -0.1) is 0 Å². The van der Waals surface area contributed by atoms with E-state index in [1.54, 1.807) is 6.07 Å². The number of nitrogens with zero attached hydrogens (tertiary/aromatic N) is 2. The number of benzene rings is 2. The summed E-state index contributed by atoms with van der Waals surface area (Å²) in [6.07, 6.45) is 1.36. The van der Waals surface area contributed by atoms with Crippen molar-refractivity contribution >= 4 is 23.1 Å². The molecular formula is C21H20N4O3. The van der Waals surface area contributed by atoms with Gasteiger partial charge in [-0.3, -0.25) is 4.79 Å². The molecule has 3 aromatic rings. The maximum atomic E-state index is 12.6. The topological polar surface area (TPSA) is 85.4 Å². The molecule has 0 radical (unpaired) electrons. The molecule has 0 saturated carbocycles. The van der Waals surface area contributed by atoms with Crippen LogP contribution in [0.2, 0.25) is 0 Å². The number of anilines is 3. The van der Waals surface area contributed by atoms with Gasteiger partial charge in [0.2, 0.25) is 0 Å². The minimum Gasteiger partial charge on any atom is -0.486 e. The van der Waals surface area contributed by atoms with E-state index in [1.807, 2.05) is 44.2 Å². The number of hydrogen-bond donors (Lipinski definition) is 2. The molecular weight excluding hydrogens is 356 g/mol. The Morgan fingerprint density at radius 3 is 2.43 bits per heavy atom. The van der Waals surface area contributed by atoms with E-state index in [2.05, 4.69) is 26.7 Å². The van der Waals surface area contributed by atoms with Crippen LogP contribution in [0.5, 0.6) is 11.5 Å². The fraction of sp³-hybridized carbons (Fsp3) is 0.190. The van der Waals surface area contributed by atoms with E-state index in [4.69, 9.17) is 9.47 Å². The third kappa shape index (κ3) is 4.03. The molecule has 0 fully saturated rings. The Kier molecular flexibility index (Phi) is 4.80. The number of carbonyl (C=O) groups is 1. The summed E-state index contributed by atoms with van der Waals surface area (Å²) in [5, 5.41) is 6.04. The average molecular weight is 376 g/mol. The fourth-order valence-corrected chi connectivity index (χ4v) is 3.06. The third-order valence-corrected chi connectivity index (χ3v) is 4.19.